The first-order valence-corrected chi connectivity index (χ1v) is 6.52. The van der Waals surface area contributed by atoms with Crippen molar-refractivity contribution in [3.05, 3.63) is 16.1 Å². The fraction of sp³-hybridized carbons (Fsp3) is 0.545. The monoisotopic (exact) mass is 271 g/mol. The largest absolute Gasteiger partial charge is 0.476 e. The molecule has 0 aliphatic heterocycles. The Morgan fingerprint density at radius 2 is 2.28 bits per heavy atom. The summed E-state index contributed by atoms with van der Waals surface area (Å²) in [5.41, 5.74) is 0.0135. The van der Waals surface area contributed by atoms with Crippen molar-refractivity contribution in [2.45, 2.75) is 32.9 Å². The second kappa shape index (κ2) is 6.34. The lowest BCUT2D eigenvalue weighted by atomic mass is 10.2. The van der Waals surface area contributed by atoms with E-state index in [9.17, 15) is 9.59 Å². The zero-order chi connectivity index (χ0) is 13.7. The number of amides is 2. The van der Waals surface area contributed by atoms with Crippen molar-refractivity contribution >= 4 is 23.3 Å². The number of hydrogen-bond acceptors (Lipinski definition) is 4. The second-order valence-electron chi connectivity index (χ2n) is 3.96. The highest BCUT2D eigenvalue weighted by Gasteiger charge is 2.14. The van der Waals surface area contributed by atoms with E-state index in [1.807, 2.05) is 13.8 Å². The van der Waals surface area contributed by atoms with Crippen molar-refractivity contribution in [1.82, 2.24) is 15.2 Å². The minimum absolute atomic E-state index is 0.0135. The van der Waals surface area contributed by atoms with Crippen LogP contribution in [0.25, 0.3) is 0 Å². The molecule has 0 fully saturated rings. The Morgan fingerprint density at radius 3 is 2.78 bits per heavy atom. The number of rotatable bonds is 5. The molecule has 0 saturated heterocycles. The van der Waals surface area contributed by atoms with Gasteiger partial charge in [-0.2, -0.15) is 0 Å². The van der Waals surface area contributed by atoms with E-state index in [0.29, 0.717) is 5.01 Å². The van der Waals surface area contributed by atoms with E-state index in [1.54, 1.807) is 11.9 Å². The molecule has 0 bridgehead atoms. The van der Waals surface area contributed by atoms with Gasteiger partial charge >= 0.3 is 12.0 Å². The Hall–Kier alpha value is -1.63. The lowest BCUT2D eigenvalue weighted by Gasteiger charge is -2.23. The van der Waals surface area contributed by atoms with Gasteiger partial charge in [-0.25, -0.2) is 14.6 Å². The molecule has 2 amide bonds. The van der Waals surface area contributed by atoms with Crippen LogP contribution >= 0.6 is 11.3 Å². The van der Waals surface area contributed by atoms with E-state index in [-0.39, 0.29) is 24.3 Å². The molecule has 18 heavy (non-hydrogen) atoms. The van der Waals surface area contributed by atoms with Gasteiger partial charge in [0.05, 0.1) is 6.54 Å². The molecule has 100 valence electrons. The third-order valence-electron chi connectivity index (χ3n) is 2.73. The molecule has 1 aromatic heterocycles. The fourth-order valence-corrected chi connectivity index (χ4v) is 1.95. The van der Waals surface area contributed by atoms with Gasteiger partial charge < -0.3 is 15.3 Å². The first kappa shape index (κ1) is 14.4. The average molecular weight is 271 g/mol. The standard InChI is InChI=1S/C11H17N3O3S/c1-4-7(2)14(3)11(17)12-5-9-13-8(6-18-9)10(15)16/h6-7H,4-5H2,1-3H3,(H,12,17)(H,15,16). The lowest BCUT2D eigenvalue weighted by molar-refractivity contribution is 0.0691. The zero-order valence-corrected chi connectivity index (χ0v) is 11.5. The van der Waals surface area contributed by atoms with Crippen LogP contribution in [-0.2, 0) is 6.54 Å². The number of carbonyl (C=O) groups excluding carboxylic acids is 1. The number of nitrogens with one attached hydrogen (secondary N) is 1. The number of aromatic nitrogens is 1. The molecule has 0 spiro atoms. The minimum Gasteiger partial charge on any atom is -0.476 e. The molecular weight excluding hydrogens is 254 g/mol. The van der Waals surface area contributed by atoms with Gasteiger partial charge in [-0.15, -0.1) is 11.3 Å². The molecule has 0 saturated carbocycles. The van der Waals surface area contributed by atoms with E-state index in [0.717, 1.165) is 6.42 Å². The van der Waals surface area contributed by atoms with Gasteiger partial charge in [-0.1, -0.05) is 6.92 Å². The normalized spacial score (nSPS) is 11.9. The van der Waals surface area contributed by atoms with Crippen molar-refractivity contribution in [2.75, 3.05) is 7.05 Å². The lowest BCUT2D eigenvalue weighted by Crippen LogP contribution is -2.41. The van der Waals surface area contributed by atoms with E-state index in [2.05, 4.69) is 10.3 Å². The van der Waals surface area contributed by atoms with Crippen molar-refractivity contribution in [3.63, 3.8) is 0 Å². The van der Waals surface area contributed by atoms with Crippen molar-refractivity contribution in [3.8, 4) is 0 Å². The molecule has 0 aromatic carbocycles. The predicted octanol–water partition coefficient (Wildman–Crippen LogP) is 1.78. The summed E-state index contributed by atoms with van der Waals surface area (Å²) in [7, 11) is 1.73. The number of aromatic carboxylic acids is 1. The summed E-state index contributed by atoms with van der Waals surface area (Å²) in [4.78, 5) is 27.9. The Balaban J connectivity index is 2.49. The Kier molecular flexibility index (Phi) is 5.08. The minimum atomic E-state index is -1.06. The number of carbonyl (C=O) groups is 2. The van der Waals surface area contributed by atoms with E-state index in [1.165, 1.54) is 16.7 Å². The Morgan fingerprint density at radius 1 is 1.61 bits per heavy atom. The van der Waals surface area contributed by atoms with Crippen molar-refractivity contribution in [1.29, 1.82) is 0 Å². The van der Waals surface area contributed by atoms with Gasteiger partial charge in [0.15, 0.2) is 5.69 Å². The van der Waals surface area contributed by atoms with Crippen LogP contribution in [0.1, 0.15) is 35.8 Å². The number of thiazole rings is 1. The van der Waals surface area contributed by atoms with E-state index >= 15 is 0 Å². The van der Waals surface area contributed by atoms with E-state index in [4.69, 9.17) is 5.11 Å². The van der Waals surface area contributed by atoms with E-state index < -0.39 is 5.97 Å². The summed E-state index contributed by atoms with van der Waals surface area (Å²) in [5.74, 6) is -1.06. The van der Waals surface area contributed by atoms with Crippen LogP contribution in [-0.4, -0.2) is 40.1 Å². The fourth-order valence-electron chi connectivity index (χ4n) is 1.24. The van der Waals surface area contributed by atoms with Gasteiger partial charge in [0.1, 0.15) is 5.01 Å². The number of hydrogen-bond donors (Lipinski definition) is 2. The maximum Gasteiger partial charge on any atom is 0.355 e. The molecule has 1 aromatic rings. The summed E-state index contributed by atoms with van der Waals surface area (Å²) in [6.07, 6.45) is 0.879. The quantitative estimate of drug-likeness (QED) is 0.855. The molecule has 6 nitrogen and oxygen atoms in total. The highest BCUT2D eigenvalue weighted by Crippen LogP contribution is 2.09. The van der Waals surface area contributed by atoms with Crippen LogP contribution in [0.4, 0.5) is 4.79 Å². The highest BCUT2D eigenvalue weighted by molar-refractivity contribution is 7.09. The summed E-state index contributed by atoms with van der Waals surface area (Å²) in [6.45, 7) is 4.22. The van der Waals surface area contributed by atoms with Crippen LogP contribution in [0.15, 0.2) is 5.38 Å². The molecule has 1 unspecified atom stereocenters. The summed E-state index contributed by atoms with van der Waals surface area (Å²) in [6, 6.07) is -0.0210. The molecule has 0 radical (unpaired) electrons. The second-order valence-corrected chi connectivity index (χ2v) is 4.90. The average Bonchev–Trinajstić information content (AvgIpc) is 2.82. The number of nitrogens with zero attached hydrogens (tertiary/aromatic N) is 2. The van der Waals surface area contributed by atoms with Crippen LogP contribution in [0.2, 0.25) is 0 Å². The molecule has 7 heteroatoms. The summed E-state index contributed by atoms with van der Waals surface area (Å²) < 4.78 is 0. The topological polar surface area (TPSA) is 82.5 Å². The van der Waals surface area contributed by atoms with Crippen LogP contribution in [0.3, 0.4) is 0 Å². The first-order chi connectivity index (χ1) is 8.45. The summed E-state index contributed by atoms with van der Waals surface area (Å²) in [5, 5.41) is 13.5. The smallest absolute Gasteiger partial charge is 0.355 e. The van der Waals surface area contributed by atoms with Gasteiger partial charge in [0, 0.05) is 18.5 Å². The maximum atomic E-state index is 11.7. The van der Waals surface area contributed by atoms with Crippen LogP contribution < -0.4 is 5.32 Å². The molecule has 1 atom stereocenters. The SMILES string of the molecule is CCC(C)N(C)C(=O)NCc1nc(C(=O)O)cs1. The van der Waals surface area contributed by atoms with Crippen molar-refractivity contribution in [2.24, 2.45) is 0 Å². The molecule has 2 N–H and O–H groups in total. The Labute approximate surface area is 110 Å². The van der Waals surface area contributed by atoms with Gasteiger partial charge in [0.25, 0.3) is 0 Å². The molecule has 1 heterocycles. The van der Waals surface area contributed by atoms with Crippen LogP contribution in [0.5, 0.6) is 0 Å². The molecule has 1 rings (SSSR count). The predicted molar refractivity (Wildman–Crippen MR) is 68.8 cm³/mol. The number of carboxylic acid groups (broad SMARTS) is 1. The van der Waals surface area contributed by atoms with Gasteiger partial charge in [-0.05, 0) is 13.3 Å². The summed E-state index contributed by atoms with van der Waals surface area (Å²) >= 11 is 1.22. The molecule has 0 aliphatic rings. The number of urea groups is 1. The van der Waals surface area contributed by atoms with Crippen molar-refractivity contribution < 1.29 is 14.7 Å². The Bertz CT molecular complexity index is 433. The van der Waals surface area contributed by atoms with Gasteiger partial charge in [-0.3, -0.25) is 0 Å². The van der Waals surface area contributed by atoms with Crippen LogP contribution in [0, 0.1) is 0 Å². The number of carboxylic acids is 1. The first-order valence-electron chi connectivity index (χ1n) is 5.64. The highest BCUT2D eigenvalue weighted by atomic mass is 32.1. The third-order valence-corrected chi connectivity index (χ3v) is 3.58. The third kappa shape index (κ3) is 3.69. The molecule has 0 aliphatic carbocycles. The van der Waals surface area contributed by atoms with Gasteiger partial charge in [0.2, 0.25) is 0 Å². The zero-order valence-electron chi connectivity index (χ0n) is 10.6. The maximum absolute atomic E-state index is 11.7. The molecular formula is C11H17N3O3S.